The highest BCUT2D eigenvalue weighted by Gasteiger charge is 2.19. The van der Waals surface area contributed by atoms with Crippen LogP contribution in [0, 0.1) is 5.92 Å². The minimum Gasteiger partial charge on any atom is -0.490 e. The molecule has 1 aromatic heterocycles. The number of guanidine groups is 1. The molecule has 0 aliphatic carbocycles. The van der Waals surface area contributed by atoms with Crippen molar-refractivity contribution < 1.29 is 14.2 Å². The summed E-state index contributed by atoms with van der Waals surface area (Å²) >= 11 is 0. The van der Waals surface area contributed by atoms with Gasteiger partial charge in [-0.05, 0) is 31.0 Å². The third kappa shape index (κ3) is 7.22. The van der Waals surface area contributed by atoms with Gasteiger partial charge in [-0.3, -0.25) is 0 Å². The molecule has 0 radical (unpaired) electrons. The van der Waals surface area contributed by atoms with E-state index in [-0.39, 0.29) is 0 Å². The van der Waals surface area contributed by atoms with Crippen molar-refractivity contribution in [2.24, 2.45) is 10.9 Å². The lowest BCUT2D eigenvalue weighted by Crippen LogP contribution is -2.41. The van der Waals surface area contributed by atoms with Gasteiger partial charge in [-0.15, -0.1) is 0 Å². The Morgan fingerprint density at radius 2 is 2.03 bits per heavy atom. The molecule has 0 spiro atoms. The molecule has 7 heteroatoms. The van der Waals surface area contributed by atoms with E-state index in [1.54, 1.807) is 0 Å². The molecule has 1 saturated heterocycles. The summed E-state index contributed by atoms with van der Waals surface area (Å²) in [5.74, 6) is 2.90. The Hall–Kier alpha value is -2.80. The van der Waals surface area contributed by atoms with E-state index in [1.165, 1.54) is 0 Å². The van der Waals surface area contributed by atoms with Crippen LogP contribution in [0.4, 0.5) is 0 Å². The number of nitrogens with zero attached hydrogens (tertiary/aromatic N) is 3. The zero-order valence-corrected chi connectivity index (χ0v) is 17.9. The van der Waals surface area contributed by atoms with Crippen molar-refractivity contribution in [3.8, 4) is 11.6 Å². The van der Waals surface area contributed by atoms with Crippen LogP contribution in [0.1, 0.15) is 18.9 Å². The molecule has 1 aromatic carbocycles. The Morgan fingerprint density at radius 1 is 1.20 bits per heavy atom. The van der Waals surface area contributed by atoms with Crippen molar-refractivity contribution in [1.29, 1.82) is 0 Å². The molecule has 1 aliphatic rings. The number of aromatic nitrogens is 1. The highest BCUT2D eigenvalue weighted by molar-refractivity contribution is 5.79. The van der Waals surface area contributed by atoms with E-state index in [1.807, 2.05) is 48.7 Å². The van der Waals surface area contributed by atoms with E-state index in [9.17, 15) is 0 Å². The normalized spacial score (nSPS) is 16.3. The third-order valence-corrected chi connectivity index (χ3v) is 4.81. The molecule has 3 rings (SSSR count). The molecule has 30 heavy (non-hydrogen) atoms. The molecule has 0 saturated carbocycles. The van der Waals surface area contributed by atoms with Crippen LogP contribution in [0.3, 0.4) is 0 Å². The third-order valence-electron chi connectivity index (χ3n) is 4.81. The number of benzene rings is 1. The van der Waals surface area contributed by atoms with Crippen LogP contribution in [0.15, 0.2) is 53.7 Å². The summed E-state index contributed by atoms with van der Waals surface area (Å²) in [6.07, 6.45) is 2.93. The van der Waals surface area contributed by atoms with E-state index in [0.29, 0.717) is 31.6 Å². The molecule has 1 unspecified atom stereocenters. The summed E-state index contributed by atoms with van der Waals surface area (Å²) in [5, 5.41) is 3.36. The number of aliphatic imine (C=N–C) groups is 1. The summed E-state index contributed by atoms with van der Waals surface area (Å²) in [5.41, 5.74) is 1.04. The van der Waals surface area contributed by atoms with Crippen LogP contribution in [0.2, 0.25) is 0 Å². The molecule has 0 amide bonds. The molecule has 1 fully saturated rings. The van der Waals surface area contributed by atoms with Gasteiger partial charge < -0.3 is 24.4 Å². The fraction of sp³-hybridized carbons (Fsp3) is 0.478. The average molecular weight is 413 g/mol. The SMILES string of the molecule is CCNC(=NCc1ccc(OCCOc2ccccc2)nc1)N(C)CC1CCOC1. The largest absolute Gasteiger partial charge is 0.490 e. The molecular formula is C23H32N4O3. The lowest BCUT2D eigenvalue weighted by atomic mass is 10.1. The second kappa shape index (κ2) is 12.0. The number of hydrogen-bond donors (Lipinski definition) is 1. The van der Waals surface area contributed by atoms with Crippen molar-refractivity contribution in [1.82, 2.24) is 15.2 Å². The van der Waals surface area contributed by atoms with Crippen molar-refractivity contribution in [2.75, 3.05) is 46.6 Å². The van der Waals surface area contributed by atoms with Crippen molar-refractivity contribution in [3.05, 3.63) is 54.2 Å². The van der Waals surface area contributed by atoms with E-state index in [2.05, 4.69) is 29.2 Å². The highest BCUT2D eigenvalue weighted by atomic mass is 16.5. The maximum absolute atomic E-state index is 5.66. The van der Waals surface area contributed by atoms with Crippen molar-refractivity contribution in [3.63, 3.8) is 0 Å². The van der Waals surface area contributed by atoms with Gasteiger partial charge in [0, 0.05) is 44.9 Å². The predicted octanol–water partition coefficient (Wildman–Crippen LogP) is 2.97. The quantitative estimate of drug-likeness (QED) is 0.368. The van der Waals surface area contributed by atoms with Crippen molar-refractivity contribution in [2.45, 2.75) is 19.9 Å². The maximum atomic E-state index is 5.66. The number of rotatable bonds is 10. The monoisotopic (exact) mass is 412 g/mol. The van der Waals surface area contributed by atoms with E-state index < -0.39 is 0 Å². The summed E-state index contributed by atoms with van der Waals surface area (Å²) in [7, 11) is 2.08. The number of para-hydroxylation sites is 1. The first-order chi connectivity index (χ1) is 14.7. The molecule has 1 N–H and O–H groups in total. The first-order valence-corrected chi connectivity index (χ1v) is 10.6. The second-order valence-electron chi connectivity index (χ2n) is 7.29. The van der Waals surface area contributed by atoms with Gasteiger partial charge in [0.05, 0.1) is 13.2 Å². The Labute approximate surface area is 179 Å². The van der Waals surface area contributed by atoms with Crippen molar-refractivity contribution >= 4 is 5.96 Å². The van der Waals surface area contributed by atoms with Gasteiger partial charge in [0.2, 0.25) is 5.88 Å². The summed E-state index contributed by atoms with van der Waals surface area (Å²) in [6.45, 7) is 7.05. The number of ether oxygens (including phenoxy) is 3. The van der Waals surface area contributed by atoms with Crippen LogP contribution in [0.5, 0.6) is 11.6 Å². The molecule has 2 heterocycles. The van der Waals surface area contributed by atoms with Gasteiger partial charge in [0.25, 0.3) is 0 Å². The van der Waals surface area contributed by atoms with Crippen LogP contribution >= 0.6 is 0 Å². The first-order valence-electron chi connectivity index (χ1n) is 10.6. The summed E-state index contributed by atoms with van der Waals surface area (Å²) in [6, 6.07) is 13.6. The predicted molar refractivity (Wildman–Crippen MR) is 118 cm³/mol. The smallest absolute Gasteiger partial charge is 0.213 e. The van der Waals surface area contributed by atoms with E-state index in [0.717, 1.165) is 50.0 Å². The van der Waals surface area contributed by atoms with Gasteiger partial charge in [0.15, 0.2) is 5.96 Å². The van der Waals surface area contributed by atoms with Gasteiger partial charge in [0.1, 0.15) is 19.0 Å². The lowest BCUT2D eigenvalue weighted by Gasteiger charge is -2.24. The number of hydrogen-bond acceptors (Lipinski definition) is 5. The number of nitrogens with one attached hydrogen (secondary N) is 1. The molecule has 7 nitrogen and oxygen atoms in total. The Morgan fingerprint density at radius 3 is 2.73 bits per heavy atom. The topological polar surface area (TPSA) is 68.2 Å². The van der Waals surface area contributed by atoms with Crippen LogP contribution in [-0.2, 0) is 11.3 Å². The molecule has 2 aromatic rings. The van der Waals surface area contributed by atoms with Gasteiger partial charge in [-0.2, -0.15) is 0 Å². The zero-order chi connectivity index (χ0) is 21.0. The van der Waals surface area contributed by atoms with Crippen LogP contribution < -0.4 is 14.8 Å². The highest BCUT2D eigenvalue weighted by Crippen LogP contribution is 2.14. The van der Waals surface area contributed by atoms with Gasteiger partial charge >= 0.3 is 0 Å². The lowest BCUT2D eigenvalue weighted by molar-refractivity contribution is 0.181. The molecule has 162 valence electrons. The Bertz CT molecular complexity index is 762. The first kappa shape index (κ1) is 21.9. The summed E-state index contributed by atoms with van der Waals surface area (Å²) in [4.78, 5) is 11.3. The maximum Gasteiger partial charge on any atom is 0.213 e. The Kier molecular flexibility index (Phi) is 8.78. The standard InChI is InChI=1S/C23H32N4O3/c1-3-24-23(27(2)17-20-11-12-28-18-20)26-16-19-9-10-22(25-15-19)30-14-13-29-21-7-5-4-6-8-21/h4-10,15,20H,3,11-14,16-18H2,1-2H3,(H,24,26). The van der Waals surface area contributed by atoms with Crippen LogP contribution in [0.25, 0.3) is 0 Å². The minimum absolute atomic E-state index is 0.444. The second-order valence-corrected chi connectivity index (χ2v) is 7.29. The zero-order valence-electron chi connectivity index (χ0n) is 17.9. The molecule has 0 bridgehead atoms. The Balaban J connectivity index is 1.44. The molecular weight excluding hydrogens is 380 g/mol. The summed E-state index contributed by atoms with van der Waals surface area (Å²) < 4.78 is 16.8. The minimum atomic E-state index is 0.444. The number of pyridine rings is 1. The molecule has 1 aliphatic heterocycles. The molecule has 1 atom stereocenters. The fourth-order valence-corrected chi connectivity index (χ4v) is 3.25. The fourth-order valence-electron chi connectivity index (χ4n) is 3.25. The van der Waals surface area contributed by atoms with Crippen LogP contribution in [-0.4, -0.2) is 62.4 Å². The van der Waals surface area contributed by atoms with Gasteiger partial charge in [-0.25, -0.2) is 9.98 Å². The average Bonchev–Trinajstić information content (AvgIpc) is 3.29. The van der Waals surface area contributed by atoms with E-state index >= 15 is 0 Å². The van der Waals surface area contributed by atoms with Gasteiger partial charge in [-0.1, -0.05) is 24.3 Å². The van der Waals surface area contributed by atoms with E-state index in [4.69, 9.17) is 19.2 Å².